The Morgan fingerprint density at radius 3 is 2.16 bits per heavy atom. The maximum absolute atomic E-state index is 14.0. The summed E-state index contributed by atoms with van der Waals surface area (Å²) < 4.78 is 14.0. The predicted octanol–water partition coefficient (Wildman–Crippen LogP) is 5.96. The summed E-state index contributed by atoms with van der Waals surface area (Å²) in [6, 6.07) is 8.88. The topological polar surface area (TPSA) is 49.4 Å². The molecule has 4 nitrogen and oxygen atoms in total. The number of amides is 2. The number of halogens is 4. The van der Waals surface area contributed by atoms with Crippen LogP contribution >= 0.6 is 46.6 Å². The molecule has 0 saturated heterocycles. The van der Waals surface area contributed by atoms with Crippen LogP contribution in [0.5, 0.6) is 0 Å². The van der Waals surface area contributed by atoms with Gasteiger partial charge in [-0.3, -0.25) is 9.59 Å². The van der Waals surface area contributed by atoms with Crippen LogP contribution in [0.1, 0.15) is 31.4 Å². The number of nitrogens with zero attached hydrogens (tertiary/aromatic N) is 1. The Balaban J connectivity index is 2.22. The smallest absolute Gasteiger partial charge is 0.242 e. The summed E-state index contributed by atoms with van der Waals surface area (Å²) in [5.74, 6) is -0.658. The van der Waals surface area contributed by atoms with Gasteiger partial charge in [-0.15, -0.1) is 11.8 Å². The number of likely N-dealkylation sites (N-methyl/N-ethyl adjacent to an activating group) is 1. The first-order chi connectivity index (χ1) is 14.8. The quantitative estimate of drug-likeness (QED) is 0.433. The van der Waals surface area contributed by atoms with E-state index in [2.05, 4.69) is 5.32 Å². The number of nitrogens with one attached hydrogen (secondary N) is 1. The molecule has 0 aromatic heterocycles. The van der Waals surface area contributed by atoms with E-state index in [9.17, 15) is 14.0 Å². The van der Waals surface area contributed by atoms with Crippen molar-refractivity contribution in [2.45, 2.75) is 38.6 Å². The molecule has 0 saturated carbocycles. The molecule has 9 heteroatoms. The molecule has 0 spiro atoms. The Kier molecular flexibility index (Phi) is 10.4. The van der Waals surface area contributed by atoms with Crippen molar-refractivity contribution in [1.29, 1.82) is 0 Å². The zero-order valence-electron chi connectivity index (χ0n) is 17.3. The molecule has 31 heavy (non-hydrogen) atoms. The maximum atomic E-state index is 14.0. The second-order valence-electron chi connectivity index (χ2n) is 6.73. The van der Waals surface area contributed by atoms with Crippen molar-refractivity contribution in [3.8, 4) is 0 Å². The highest BCUT2D eigenvalue weighted by molar-refractivity contribution is 7.99. The van der Waals surface area contributed by atoms with E-state index in [1.54, 1.807) is 24.3 Å². The average molecular weight is 506 g/mol. The van der Waals surface area contributed by atoms with Crippen LogP contribution in [0, 0.1) is 5.82 Å². The number of carbonyl (C=O) groups excluding carboxylic acids is 2. The number of rotatable bonds is 10. The van der Waals surface area contributed by atoms with Crippen LogP contribution in [0.4, 0.5) is 4.39 Å². The minimum atomic E-state index is -0.683. The van der Waals surface area contributed by atoms with Crippen LogP contribution in [0.2, 0.25) is 15.1 Å². The normalized spacial score (nSPS) is 11.8. The molecule has 0 radical (unpaired) electrons. The van der Waals surface area contributed by atoms with Crippen molar-refractivity contribution in [1.82, 2.24) is 10.2 Å². The summed E-state index contributed by atoms with van der Waals surface area (Å²) >= 11 is 19.9. The summed E-state index contributed by atoms with van der Waals surface area (Å²) in [6.45, 7) is 4.19. The number of hydrogen-bond acceptors (Lipinski definition) is 3. The fraction of sp³-hybridized carbons (Fsp3) is 0.364. The third kappa shape index (κ3) is 7.01. The molecular weight excluding hydrogens is 482 g/mol. The maximum Gasteiger partial charge on any atom is 0.242 e. The fourth-order valence-electron chi connectivity index (χ4n) is 3.06. The lowest BCUT2D eigenvalue weighted by Crippen LogP contribution is -2.49. The molecule has 0 bridgehead atoms. The zero-order chi connectivity index (χ0) is 23.0. The predicted molar refractivity (Wildman–Crippen MR) is 127 cm³/mol. The van der Waals surface area contributed by atoms with Gasteiger partial charge in [-0.2, -0.15) is 0 Å². The van der Waals surface area contributed by atoms with Gasteiger partial charge in [0.05, 0.1) is 5.75 Å². The molecule has 1 N–H and O–H groups in total. The molecular formula is C22H24Cl3FN2O2S. The van der Waals surface area contributed by atoms with Crippen LogP contribution in [-0.2, 0) is 21.9 Å². The lowest BCUT2D eigenvalue weighted by Gasteiger charge is -2.31. The van der Waals surface area contributed by atoms with Crippen molar-refractivity contribution in [2.75, 3.05) is 12.3 Å². The van der Waals surface area contributed by atoms with E-state index in [0.717, 1.165) is 0 Å². The first kappa shape index (κ1) is 25.8. The van der Waals surface area contributed by atoms with Gasteiger partial charge in [-0.1, -0.05) is 53.9 Å². The van der Waals surface area contributed by atoms with Crippen LogP contribution in [-0.4, -0.2) is 35.1 Å². The standard InChI is InChI=1S/C22H24Cl3FN2O2S/c1-3-20(22(30)27-4-2)28(11-14-16(23)7-5-8-17(14)24)21(29)13-31-12-15-18(25)9-6-10-19(15)26/h5-10,20H,3-4,11-13H2,1-2H3,(H,27,30)/t20-/m1/s1. The summed E-state index contributed by atoms with van der Waals surface area (Å²) in [4.78, 5) is 27.3. The second-order valence-corrected chi connectivity index (χ2v) is 8.94. The average Bonchev–Trinajstić information content (AvgIpc) is 2.72. The monoisotopic (exact) mass is 504 g/mol. The molecule has 0 aliphatic rings. The van der Waals surface area contributed by atoms with E-state index < -0.39 is 11.9 Å². The number of benzene rings is 2. The van der Waals surface area contributed by atoms with Crippen LogP contribution in [0.15, 0.2) is 36.4 Å². The SMILES string of the molecule is CCNC(=O)[C@@H](CC)N(Cc1c(Cl)cccc1Cl)C(=O)CSCc1c(F)cccc1Cl. The minimum Gasteiger partial charge on any atom is -0.355 e. The van der Waals surface area contributed by atoms with Crippen molar-refractivity contribution in [2.24, 2.45) is 0 Å². The molecule has 168 valence electrons. The van der Waals surface area contributed by atoms with Gasteiger partial charge in [-0.05, 0) is 37.6 Å². The van der Waals surface area contributed by atoms with E-state index >= 15 is 0 Å². The van der Waals surface area contributed by atoms with Crippen molar-refractivity contribution in [3.63, 3.8) is 0 Å². The Morgan fingerprint density at radius 2 is 1.61 bits per heavy atom. The van der Waals surface area contributed by atoms with Gasteiger partial charge in [-0.25, -0.2) is 4.39 Å². The number of thioether (sulfide) groups is 1. The summed E-state index contributed by atoms with van der Waals surface area (Å²) in [6.07, 6.45) is 0.420. The largest absolute Gasteiger partial charge is 0.355 e. The molecule has 0 heterocycles. The van der Waals surface area contributed by atoms with E-state index in [1.807, 2.05) is 13.8 Å². The van der Waals surface area contributed by atoms with Gasteiger partial charge in [0, 0.05) is 45.0 Å². The van der Waals surface area contributed by atoms with Crippen LogP contribution in [0.3, 0.4) is 0 Å². The van der Waals surface area contributed by atoms with Crippen molar-refractivity contribution < 1.29 is 14.0 Å². The Hall–Kier alpha value is -1.47. The lowest BCUT2D eigenvalue weighted by atomic mass is 10.1. The first-order valence-corrected chi connectivity index (χ1v) is 12.1. The van der Waals surface area contributed by atoms with Gasteiger partial charge in [0.15, 0.2) is 0 Å². The summed E-state index contributed by atoms with van der Waals surface area (Å²) in [5.41, 5.74) is 0.919. The second kappa shape index (κ2) is 12.5. The van der Waals surface area contributed by atoms with E-state index in [1.165, 1.54) is 28.8 Å². The Labute approximate surface area is 201 Å². The molecule has 1 atom stereocenters. The molecule has 2 aromatic carbocycles. The van der Waals surface area contributed by atoms with Crippen LogP contribution in [0.25, 0.3) is 0 Å². The van der Waals surface area contributed by atoms with Gasteiger partial charge < -0.3 is 10.2 Å². The summed E-state index contributed by atoms with van der Waals surface area (Å²) in [7, 11) is 0. The molecule has 2 rings (SSSR count). The van der Waals surface area contributed by atoms with E-state index in [0.29, 0.717) is 39.2 Å². The summed E-state index contributed by atoms with van der Waals surface area (Å²) in [5, 5.41) is 3.92. The lowest BCUT2D eigenvalue weighted by molar-refractivity contribution is -0.139. The Bertz CT molecular complexity index is 889. The van der Waals surface area contributed by atoms with Gasteiger partial charge >= 0.3 is 0 Å². The Morgan fingerprint density at radius 1 is 1.03 bits per heavy atom. The van der Waals surface area contributed by atoms with Crippen LogP contribution < -0.4 is 5.32 Å². The molecule has 2 aromatic rings. The first-order valence-electron chi connectivity index (χ1n) is 9.80. The third-order valence-corrected chi connectivity index (χ3v) is 6.67. The van der Waals surface area contributed by atoms with Crippen molar-refractivity contribution >= 4 is 58.4 Å². The number of hydrogen-bond donors (Lipinski definition) is 1. The number of carbonyl (C=O) groups is 2. The fourth-order valence-corrected chi connectivity index (χ4v) is 4.82. The van der Waals surface area contributed by atoms with Gasteiger partial charge in [0.2, 0.25) is 11.8 Å². The minimum absolute atomic E-state index is 0.0443. The molecule has 0 aliphatic heterocycles. The van der Waals surface area contributed by atoms with Gasteiger partial charge in [0.25, 0.3) is 0 Å². The third-order valence-electron chi connectivity index (χ3n) is 4.66. The van der Waals surface area contributed by atoms with Crippen molar-refractivity contribution in [3.05, 3.63) is 68.4 Å². The molecule has 0 fully saturated rings. The highest BCUT2D eigenvalue weighted by Gasteiger charge is 2.29. The highest BCUT2D eigenvalue weighted by Crippen LogP contribution is 2.28. The molecule has 0 aliphatic carbocycles. The van der Waals surface area contributed by atoms with E-state index in [4.69, 9.17) is 34.8 Å². The molecule has 0 unspecified atom stereocenters. The van der Waals surface area contributed by atoms with E-state index in [-0.39, 0.29) is 29.9 Å². The molecule has 2 amide bonds. The zero-order valence-corrected chi connectivity index (χ0v) is 20.3. The van der Waals surface area contributed by atoms with Gasteiger partial charge in [0.1, 0.15) is 11.9 Å². The highest BCUT2D eigenvalue weighted by atomic mass is 35.5.